The number of methoxy groups -OCH3 is 1. The van der Waals surface area contributed by atoms with Crippen LogP contribution in [0, 0.1) is 23.7 Å². The van der Waals surface area contributed by atoms with E-state index in [1.54, 1.807) is 36.4 Å². The van der Waals surface area contributed by atoms with Crippen molar-refractivity contribution in [3.05, 3.63) is 45.9 Å². The van der Waals surface area contributed by atoms with E-state index < -0.39 is 47.9 Å². The fourth-order valence-electron chi connectivity index (χ4n) is 5.39. The highest BCUT2D eigenvalue weighted by Crippen LogP contribution is 2.31. The van der Waals surface area contributed by atoms with Crippen LogP contribution in [0.2, 0.25) is 0 Å². The monoisotopic (exact) mass is 717 g/mol. The van der Waals surface area contributed by atoms with Crippen molar-refractivity contribution in [1.29, 1.82) is 0 Å². The second-order valence-corrected chi connectivity index (χ2v) is 14.6. The zero-order chi connectivity index (χ0) is 37.5. The number of aliphatic carboxylic acids is 1. The predicted octanol–water partition coefficient (Wildman–Crippen LogP) is 6.43. The van der Waals surface area contributed by atoms with Gasteiger partial charge in [-0.3, -0.25) is 24.0 Å². The van der Waals surface area contributed by atoms with Gasteiger partial charge in [-0.05, 0) is 48.3 Å². The van der Waals surface area contributed by atoms with E-state index >= 15 is 0 Å². The van der Waals surface area contributed by atoms with Crippen LogP contribution in [0.3, 0.4) is 0 Å². The number of carboxylic acids is 1. The molecule has 0 saturated heterocycles. The molecule has 0 spiro atoms. The Hall–Kier alpha value is -4.00. The number of aromatic nitrogens is 1. The third kappa shape index (κ3) is 14.1. The molecule has 2 amide bonds. The fraction of sp³-hybridized carbons (Fsp3) is 0.622. The maximum absolute atomic E-state index is 13.6. The summed E-state index contributed by atoms with van der Waals surface area (Å²) in [5.41, 5.74) is 0.989. The lowest BCUT2D eigenvalue weighted by atomic mass is 9.95. The van der Waals surface area contributed by atoms with Crippen molar-refractivity contribution >= 4 is 41.1 Å². The summed E-state index contributed by atoms with van der Waals surface area (Å²) < 4.78 is 16.5. The number of nitrogens with zero attached hydrogens (tertiary/aromatic N) is 2. The van der Waals surface area contributed by atoms with Crippen LogP contribution in [0.5, 0.6) is 5.75 Å². The zero-order valence-corrected chi connectivity index (χ0v) is 31.7. The highest BCUT2D eigenvalue weighted by Gasteiger charge is 2.34. The van der Waals surface area contributed by atoms with Gasteiger partial charge in [-0.15, -0.1) is 11.3 Å². The van der Waals surface area contributed by atoms with Crippen LogP contribution in [-0.2, 0) is 35.1 Å². The third-order valence-electron chi connectivity index (χ3n) is 8.48. The van der Waals surface area contributed by atoms with Gasteiger partial charge in [0.05, 0.1) is 13.0 Å². The van der Waals surface area contributed by atoms with E-state index in [1.165, 1.54) is 6.92 Å². The number of rotatable bonds is 21. The van der Waals surface area contributed by atoms with Crippen LogP contribution < -0.4 is 10.1 Å². The minimum atomic E-state index is -0.967. The summed E-state index contributed by atoms with van der Waals surface area (Å²) in [6, 6.07) is 6.33. The molecule has 12 nitrogen and oxygen atoms in total. The Balaban J connectivity index is 2.36. The number of hydrogen-bond donors (Lipinski definition) is 2. The average molecular weight is 718 g/mol. The van der Waals surface area contributed by atoms with Gasteiger partial charge in [0.15, 0.2) is 12.8 Å². The maximum atomic E-state index is 13.6. The molecule has 0 fully saturated rings. The summed E-state index contributed by atoms with van der Waals surface area (Å²) in [7, 11) is 1.57. The van der Waals surface area contributed by atoms with Gasteiger partial charge in [-0.1, -0.05) is 67.0 Å². The number of carbonyl (C=O) groups excluding carboxylic acids is 4. The highest BCUT2D eigenvalue weighted by molar-refractivity contribution is 7.09. The summed E-state index contributed by atoms with van der Waals surface area (Å²) in [5, 5.41) is 14.4. The molecular weight excluding hydrogens is 662 g/mol. The Kier molecular flexibility index (Phi) is 17.4. The molecule has 0 bridgehead atoms. The van der Waals surface area contributed by atoms with E-state index in [-0.39, 0.29) is 61.8 Å². The van der Waals surface area contributed by atoms with Crippen LogP contribution in [-0.4, -0.2) is 70.6 Å². The molecule has 1 aromatic heterocycles. The molecule has 1 heterocycles. The Morgan fingerprint density at radius 2 is 1.64 bits per heavy atom. The average Bonchev–Trinajstić information content (AvgIpc) is 3.54. The molecular formula is C37H55N3O9S. The minimum absolute atomic E-state index is 0.0931. The summed E-state index contributed by atoms with van der Waals surface area (Å²) in [6.07, 6.45) is 1.14. The summed E-state index contributed by atoms with van der Waals surface area (Å²) in [4.78, 5) is 69.7. The third-order valence-corrected chi connectivity index (χ3v) is 9.42. The highest BCUT2D eigenvalue weighted by atomic mass is 32.1. The first-order chi connectivity index (χ1) is 23.5. The molecule has 50 heavy (non-hydrogen) atoms. The second-order valence-electron chi connectivity index (χ2n) is 13.7. The number of nitrogens with one attached hydrogen (secondary N) is 1. The number of esters is 2. The van der Waals surface area contributed by atoms with Crippen LogP contribution >= 0.6 is 11.3 Å². The van der Waals surface area contributed by atoms with Gasteiger partial charge < -0.3 is 29.5 Å². The summed E-state index contributed by atoms with van der Waals surface area (Å²) in [5.74, 6) is -2.53. The number of thiazole rings is 1. The van der Waals surface area contributed by atoms with Crippen molar-refractivity contribution in [2.45, 2.75) is 112 Å². The van der Waals surface area contributed by atoms with Crippen molar-refractivity contribution in [3.63, 3.8) is 0 Å². The normalized spacial score (nSPS) is 14.3. The SMILES string of the molecule is CC[C@@H](C)CC(=O)N(COC(=O)CC(C)C)C(C[C@@H](OC(C)=O)c1nc(C(=O)N[C@@H](Cc2ccc(OC)cc2)C[C@H](C)C(=O)O)cs1)C(C)C. The molecule has 1 unspecified atom stereocenters. The zero-order valence-electron chi connectivity index (χ0n) is 30.9. The molecule has 0 aliphatic heterocycles. The van der Waals surface area contributed by atoms with Crippen LogP contribution in [0.1, 0.15) is 115 Å². The number of benzene rings is 1. The van der Waals surface area contributed by atoms with Gasteiger partial charge in [-0.2, -0.15) is 0 Å². The van der Waals surface area contributed by atoms with E-state index in [0.717, 1.165) is 23.3 Å². The molecule has 0 saturated carbocycles. The molecule has 0 radical (unpaired) electrons. The molecule has 1 aromatic carbocycles. The molecule has 0 aliphatic carbocycles. The first-order valence-electron chi connectivity index (χ1n) is 17.3. The smallest absolute Gasteiger partial charge is 0.307 e. The van der Waals surface area contributed by atoms with Gasteiger partial charge in [0.2, 0.25) is 5.91 Å². The van der Waals surface area contributed by atoms with Gasteiger partial charge in [0.1, 0.15) is 16.5 Å². The lowest BCUT2D eigenvalue weighted by Gasteiger charge is -2.36. The lowest BCUT2D eigenvalue weighted by Crippen LogP contribution is -2.46. The number of hydrogen-bond acceptors (Lipinski definition) is 10. The van der Waals surface area contributed by atoms with E-state index in [1.807, 2.05) is 53.7 Å². The quantitative estimate of drug-likeness (QED) is 0.109. The standard InChI is InChI=1S/C37H55N3O9S/c1-10-24(6)16-33(42)40(21-48-34(43)15-22(2)3)31(23(4)5)19-32(49-26(8)41)36-39-30(20-50-36)35(44)38-28(17-25(7)37(45)46)18-27-11-13-29(47-9)14-12-27/h11-14,20,22-25,28,31-32H,10,15-19,21H2,1-9H3,(H,38,44)(H,45,46)/t24-,25+,28-,31?,32-/m1/s1. The number of carboxylic acid groups (broad SMARTS) is 1. The lowest BCUT2D eigenvalue weighted by molar-refractivity contribution is -0.158. The van der Waals surface area contributed by atoms with Gasteiger partial charge >= 0.3 is 17.9 Å². The van der Waals surface area contributed by atoms with Crippen LogP contribution in [0.15, 0.2) is 29.6 Å². The largest absolute Gasteiger partial charge is 0.497 e. The summed E-state index contributed by atoms with van der Waals surface area (Å²) in [6.45, 7) is 14.3. The molecule has 0 aliphatic rings. The van der Waals surface area contributed by atoms with Crippen molar-refractivity contribution in [2.24, 2.45) is 23.7 Å². The Morgan fingerprint density at radius 1 is 0.980 bits per heavy atom. The van der Waals surface area contributed by atoms with Crippen molar-refractivity contribution in [2.75, 3.05) is 13.8 Å². The van der Waals surface area contributed by atoms with E-state index in [4.69, 9.17) is 14.2 Å². The van der Waals surface area contributed by atoms with Crippen LogP contribution in [0.25, 0.3) is 0 Å². The van der Waals surface area contributed by atoms with E-state index in [2.05, 4.69) is 10.3 Å². The number of amides is 2. The molecule has 2 N–H and O–H groups in total. The molecule has 13 heteroatoms. The van der Waals surface area contributed by atoms with Crippen molar-refractivity contribution < 1.29 is 43.3 Å². The predicted molar refractivity (Wildman–Crippen MR) is 191 cm³/mol. The molecule has 2 aromatic rings. The second kappa shape index (κ2) is 20.6. The number of ether oxygens (including phenoxy) is 3. The minimum Gasteiger partial charge on any atom is -0.497 e. The first-order valence-corrected chi connectivity index (χ1v) is 18.2. The fourth-order valence-corrected chi connectivity index (χ4v) is 6.23. The molecule has 2 rings (SSSR count). The van der Waals surface area contributed by atoms with E-state index in [0.29, 0.717) is 17.2 Å². The Labute approximate surface area is 300 Å². The van der Waals surface area contributed by atoms with Gasteiger partial charge in [0.25, 0.3) is 5.91 Å². The first kappa shape index (κ1) is 42.2. The molecule has 278 valence electrons. The Bertz CT molecular complexity index is 1410. The molecule has 5 atom stereocenters. The van der Waals surface area contributed by atoms with Gasteiger partial charge in [0, 0.05) is 43.6 Å². The van der Waals surface area contributed by atoms with E-state index in [9.17, 15) is 29.1 Å². The topological polar surface area (TPSA) is 161 Å². The van der Waals surface area contributed by atoms with Gasteiger partial charge in [-0.25, -0.2) is 4.98 Å². The van der Waals surface area contributed by atoms with Crippen LogP contribution in [0.4, 0.5) is 0 Å². The Morgan fingerprint density at radius 3 is 2.18 bits per heavy atom. The van der Waals surface area contributed by atoms with Crippen molar-refractivity contribution in [1.82, 2.24) is 15.2 Å². The van der Waals surface area contributed by atoms with Crippen molar-refractivity contribution in [3.8, 4) is 5.75 Å². The number of carbonyl (C=O) groups is 5. The summed E-state index contributed by atoms with van der Waals surface area (Å²) >= 11 is 1.15. The maximum Gasteiger partial charge on any atom is 0.307 e.